The van der Waals surface area contributed by atoms with Crippen LogP contribution in [0.3, 0.4) is 0 Å². The molecule has 20 heavy (non-hydrogen) atoms. The molecule has 7 heteroatoms. The molecular weight excluding hydrogens is 278 g/mol. The van der Waals surface area contributed by atoms with Crippen molar-refractivity contribution >= 4 is 27.5 Å². The molecule has 0 amide bonds. The fourth-order valence-electron chi connectivity index (χ4n) is 2.11. The molecule has 1 N–H and O–H groups in total. The van der Waals surface area contributed by atoms with Gasteiger partial charge >= 0.3 is 5.97 Å². The van der Waals surface area contributed by atoms with Crippen LogP contribution in [-0.4, -0.2) is 20.6 Å². The van der Waals surface area contributed by atoms with Crippen molar-refractivity contribution < 1.29 is 9.90 Å². The third-order valence-electron chi connectivity index (χ3n) is 3.03. The summed E-state index contributed by atoms with van der Waals surface area (Å²) in [7, 11) is 0. The van der Waals surface area contributed by atoms with Crippen LogP contribution < -0.4 is 5.56 Å². The Kier molecular flexibility index (Phi) is 3.86. The van der Waals surface area contributed by atoms with E-state index in [4.69, 9.17) is 10.4 Å². The van der Waals surface area contributed by atoms with E-state index in [2.05, 4.69) is 4.98 Å². The molecule has 0 aliphatic rings. The summed E-state index contributed by atoms with van der Waals surface area (Å²) in [5.74, 6) is -0.529. The zero-order valence-corrected chi connectivity index (χ0v) is 12.0. The van der Waals surface area contributed by atoms with Crippen LogP contribution in [0.15, 0.2) is 4.79 Å². The first-order chi connectivity index (χ1) is 9.51. The number of aromatic nitrogens is 2. The standard InChI is InChI=1S/C13H13N3O3S/c1-3-4-8-15-11-9(12(17)16(8)6-5-14)7(2)10(20-11)13(18)19/h3-4,6H2,1-2H3,(H,18,19). The molecule has 0 unspecified atom stereocenters. The second kappa shape index (κ2) is 5.43. The van der Waals surface area contributed by atoms with Crippen molar-refractivity contribution in [1.29, 1.82) is 5.26 Å². The summed E-state index contributed by atoms with van der Waals surface area (Å²) in [5, 5.41) is 18.3. The Hall–Kier alpha value is -2.20. The van der Waals surface area contributed by atoms with E-state index in [0.29, 0.717) is 28.0 Å². The first-order valence-corrected chi connectivity index (χ1v) is 6.96. The molecule has 6 nitrogen and oxygen atoms in total. The van der Waals surface area contributed by atoms with Gasteiger partial charge in [0.2, 0.25) is 0 Å². The third kappa shape index (κ3) is 2.18. The summed E-state index contributed by atoms with van der Waals surface area (Å²) < 4.78 is 1.33. The average molecular weight is 291 g/mol. The first kappa shape index (κ1) is 14.2. The Morgan fingerprint density at radius 1 is 1.55 bits per heavy atom. The number of hydrogen-bond acceptors (Lipinski definition) is 5. The maximum absolute atomic E-state index is 12.5. The lowest BCUT2D eigenvalue weighted by Gasteiger charge is -2.08. The second-order valence-corrected chi connectivity index (χ2v) is 5.37. The lowest BCUT2D eigenvalue weighted by atomic mass is 10.2. The number of aryl methyl sites for hydroxylation is 2. The van der Waals surface area contributed by atoms with Gasteiger partial charge in [-0.05, 0) is 18.9 Å². The highest BCUT2D eigenvalue weighted by molar-refractivity contribution is 7.20. The van der Waals surface area contributed by atoms with Gasteiger partial charge in [0.1, 0.15) is 22.1 Å². The van der Waals surface area contributed by atoms with Crippen molar-refractivity contribution in [2.45, 2.75) is 33.2 Å². The van der Waals surface area contributed by atoms with Gasteiger partial charge in [-0.25, -0.2) is 9.78 Å². The fourth-order valence-corrected chi connectivity index (χ4v) is 3.14. The molecule has 0 spiro atoms. The van der Waals surface area contributed by atoms with Gasteiger partial charge in [-0.3, -0.25) is 9.36 Å². The minimum atomic E-state index is -1.06. The van der Waals surface area contributed by atoms with E-state index in [1.54, 1.807) is 6.92 Å². The van der Waals surface area contributed by atoms with Crippen LogP contribution in [0.1, 0.15) is 34.4 Å². The Labute approximate surface area is 118 Å². The van der Waals surface area contributed by atoms with E-state index in [0.717, 1.165) is 17.8 Å². The fraction of sp³-hybridized carbons (Fsp3) is 0.385. The maximum Gasteiger partial charge on any atom is 0.346 e. The van der Waals surface area contributed by atoms with Crippen LogP contribution in [0.2, 0.25) is 0 Å². The summed E-state index contributed by atoms with van der Waals surface area (Å²) in [6.07, 6.45) is 1.37. The van der Waals surface area contributed by atoms with Crippen LogP contribution in [0.5, 0.6) is 0 Å². The molecule has 0 saturated carbocycles. The van der Waals surface area contributed by atoms with Gasteiger partial charge in [0.05, 0.1) is 11.5 Å². The summed E-state index contributed by atoms with van der Waals surface area (Å²) in [5.41, 5.74) is 0.0889. The zero-order valence-electron chi connectivity index (χ0n) is 11.1. The first-order valence-electron chi connectivity index (χ1n) is 6.14. The van der Waals surface area contributed by atoms with Crippen molar-refractivity contribution in [3.8, 4) is 6.07 Å². The smallest absolute Gasteiger partial charge is 0.346 e. The van der Waals surface area contributed by atoms with Gasteiger partial charge in [0, 0.05) is 6.42 Å². The topological polar surface area (TPSA) is 96.0 Å². The van der Waals surface area contributed by atoms with Gasteiger partial charge < -0.3 is 5.11 Å². The normalized spacial score (nSPS) is 10.7. The molecule has 2 aromatic heterocycles. The zero-order chi connectivity index (χ0) is 14.9. The monoisotopic (exact) mass is 291 g/mol. The van der Waals surface area contributed by atoms with Gasteiger partial charge in [-0.1, -0.05) is 6.92 Å². The van der Waals surface area contributed by atoms with Crippen molar-refractivity contribution in [3.05, 3.63) is 26.6 Å². The number of carboxylic acid groups (broad SMARTS) is 1. The molecule has 104 valence electrons. The number of carbonyl (C=O) groups is 1. The van der Waals surface area contributed by atoms with Crippen LogP contribution >= 0.6 is 11.3 Å². The highest BCUT2D eigenvalue weighted by Gasteiger charge is 2.20. The Balaban J connectivity index is 2.84. The SMILES string of the molecule is CCCc1nc2sc(C(=O)O)c(C)c2c(=O)n1CC#N. The number of rotatable bonds is 4. The molecule has 0 fully saturated rings. The molecule has 0 saturated heterocycles. The predicted molar refractivity (Wildman–Crippen MR) is 75.2 cm³/mol. The van der Waals surface area contributed by atoms with Crippen LogP contribution in [-0.2, 0) is 13.0 Å². The average Bonchev–Trinajstić information content (AvgIpc) is 2.72. The van der Waals surface area contributed by atoms with E-state index in [9.17, 15) is 9.59 Å². The van der Waals surface area contributed by atoms with E-state index in [1.807, 2.05) is 13.0 Å². The van der Waals surface area contributed by atoms with Gasteiger partial charge in [-0.2, -0.15) is 5.26 Å². The number of hydrogen-bond donors (Lipinski definition) is 1. The molecule has 0 aliphatic heterocycles. The molecule has 0 atom stereocenters. The number of thiophene rings is 1. The Bertz CT molecular complexity index is 783. The number of nitrogens with zero attached hydrogens (tertiary/aromatic N) is 3. The lowest BCUT2D eigenvalue weighted by molar-refractivity contribution is 0.0701. The second-order valence-electron chi connectivity index (χ2n) is 4.37. The Morgan fingerprint density at radius 3 is 2.80 bits per heavy atom. The molecule has 2 aromatic rings. The Morgan fingerprint density at radius 2 is 2.25 bits per heavy atom. The molecule has 0 radical (unpaired) electrons. The van der Waals surface area contributed by atoms with Gasteiger partial charge in [0.25, 0.3) is 5.56 Å². The van der Waals surface area contributed by atoms with Crippen LogP contribution in [0.25, 0.3) is 10.2 Å². The lowest BCUT2D eigenvalue weighted by Crippen LogP contribution is -2.25. The minimum Gasteiger partial charge on any atom is -0.477 e. The third-order valence-corrected chi connectivity index (χ3v) is 4.20. The van der Waals surface area contributed by atoms with E-state index < -0.39 is 5.97 Å². The molecule has 0 bridgehead atoms. The summed E-state index contributed by atoms with van der Waals surface area (Å²) >= 11 is 1.01. The van der Waals surface area contributed by atoms with Crippen LogP contribution in [0.4, 0.5) is 0 Å². The predicted octanol–water partition coefficient (Wildman–Crippen LogP) is 1.94. The van der Waals surface area contributed by atoms with Gasteiger partial charge in [-0.15, -0.1) is 11.3 Å². The van der Waals surface area contributed by atoms with E-state index in [-0.39, 0.29) is 17.0 Å². The largest absolute Gasteiger partial charge is 0.477 e. The van der Waals surface area contributed by atoms with Crippen molar-refractivity contribution in [3.63, 3.8) is 0 Å². The molecule has 2 heterocycles. The van der Waals surface area contributed by atoms with Crippen LogP contribution in [0, 0.1) is 18.3 Å². The number of nitriles is 1. The van der Waals surface area contributed by atoms with E-state index in [1.165, 1.54) is 4.57 Å². The van der Waals surface area contributed by atoms with Crippen molar-refractivity contribution in [2.24, 2.45) is 0 Å². The number of carboxylic acids is 1. The minimum absolute atomic E-state index is 0.0746. The van der Waals surface area contributed by atoms with Crippen molar-refractivity contribution in [2.75, 3.05) is 0 Å². The maximum atomic E-state index is 12.5. The quantitative estimate of drug-likeness (QED) is 0.928. The molecule has 2 rings (SSSR count). The number of fused-ring (bicyclic) bond motifs is 1. The summed E-state index contributed by atoms with van der Waals surface area (Å²) in [4.78, 5) is 28.5. The number of aromatic carboxylic acids is 1. The molecule has 0 aromatic carbocycles. The van der Waals surface area contributed by atoms with Gasteiger partial charge in [0.15, 0.2) is 0 Å². The van der Waals surface area contributed by atoms with Crippen molar-refractivity contribution in [1.82, 2.24) is 9.55 Å². The highest BCUT2D eigenvalue weighted by Crippen LogP contribution is 2.27. The molecule has 0 aliphatic carbocycles. The summed E-state index contributed by atoms with van der Waals surface area (Å²) in [6.45, 7) is 3.48. The highest BCUT2D eigenvalue weighted by atomic mass is 32.1. The summed E-state index contributed by atoms with van der Waals surface area (Å²) in [6, 6.07) is 1.95. The van der Waals surface area contributed by atoms with E-state index >= 15 is 0 Å². The molecular formula is C13H13N3O3S.